The summed E-state index contributed by atoms with van der Waals surface area (Å²) in [5.74, 6) is 1.10. The van der Waals surface area contributed by atoms with Gasteiger partial charge in [-0.25, -0.2) is 0 Å². The number of ether oxygens (including phenoxy) is 3. The molecule has 0 radical (unpaired) electrons. The van der Waals surface area contributed by atoms with E-state index in [4.69, 9.17) is 14.2 Å². The van der Waals surface area contributed by atoms with Gasteiger partial charge in [0.15, 0.2) is 5.82 Å². The molecule has 10 heteroatoms. The lowest BCUT2D eigenvalue weighted by molar-refractivity contribution is 0.0320. The van der Waals surface area contributed by atoms with Gasteiger partial charge in [0.1, 0.15) is 6.61 Å². The van der Waals surface area contributed by atoms with Crippen molar-refractivity contribution in [2.75, 3.05) is 76.1 Å². The van der Waals surface area contributed by atoms with Crippen molar-refractivity contribution in [2.45, 2.75) is 6.92 Å². The molecule has 0 atom stereocenters. The Morgan fingerprint density at radius 2 is 1.86 bits per heavy atom. The maximum atomic E-state index is 12.0. The number of benzene rings is 1. The maximum Gasteiger partial charge on any atom is 0.227 e. The number of anilines is 2. The van der Waals surface area contributed by atoms with Gasteiger partial charge in [0.25, 0.3) is 0 Å². The van der Waals surface area contributed by atoms with Crippen molar-refractivity contribution in [1.29, 1.82) is 0 Å². The Morgan fingerprint density at radius 1 is 1.11 bits per heavy atom. The van der Waals surface area contributed by atoms with Crippen LogP contribution in [0.3, 0.4) is 0 Å². The quantitative estimate of drug-likeness (QED) is 0.379. The summed E-state index contributed by atoms with van der Waals surface area (Å²) in [6, 6.07) is 11.7. The minimum absolute atomic E-state index is 0.0439. The number of carbonyl (C=O) groups excluding carboxylic acids is 1. The van der Waals surface area contributed by atoms with Gasteiger partial charge in [0.2, 0.25) is 11.8 Å². The Kier molecular flexibility index (Phi) is 7.75. The number of rotatable bonds is 8. The van der Waals surface area contributed by atoms with Crippen LogP contribution in [0, 0.1) is 0 Å². The predicted molar refractivity (Wildman–Crippen MR) is 139 cm³/mol. The van der Waals surface area contributed by atoms with E-state index in [9.17, 15) is 4.79 Å². The summed E-state index contributed by atoms with van der Waals surface area (Å²) >= 11 is 0. The van der Waals surface area contributed by atoms with Crippen molar-refractivity contribution in [1.82, 2.24) is 14.5 Å². The van der Waals surface area contributed by atoms with Gasteiger partial charge in [-0.3, -0.25) is 19.7 Å². The van der Waals surface area contributed by atoms with Crippen molar-refractivity contribution >= 4 is 34.5 Å². The molecule has 0 saturated carbocycles. The number of hydrazone groups is 1. The Labute approximate surface area is 210 Å². The van der Waals surface area contributed by atoms with Crippen molar-refractivity contribution in [3.63, 3.8) is 0 Å². The number of aromatic nitrogens is 2. The topological polar surface area (TPSA) is 93.5 Å². The summed E-state index contributed by atoms with van der Waals surface area (Å²) < 4.78 is 18.6. The highest BCUT2D eigenvalue weighted by molar-refractivity contribution is 6.03. The number of morpholine rings is 2. The van der Waals surface area contributed by atoms with Gasteiger partial charge in [-0.1, -0.05) is 18.2 Å². The largest absolute Gasteiger partial charge is 0.476 e. The molecular formula is C26H32N6O4. The van der Waals surface area contributed by atoms with Crippen LogP contribution in [0.2, 0.25) is 0 Å². The van der Waals surface area contributed by atoms with Gasteiger partial charge < -0.3 is 19.1 Å². The predicted octanol–water partition coefficient (Wildman–Crippen LogP) is 2.69. The second-order valence-electron chi connectivity index (χ2n) is 8.81. The molecule has 2 aromatic heterocycles. The minimum atomic E-state index is -0.0439. The zero-order chi connectivity index (χ0) is 24.7. The van der Waals surface area contributed by atoms with Crippen LogP contribution in [0.4, 0.5) is 11.5 Å². The third kappa shape index (κ3) is 5.84. The molecule has 0 amide bonds. The summed E-state index contributed by atoms with van der Waals surface area (Å²) in [5.41, 5.74) is 5.77. The fraction of sp³-hybridized carbons (Fsp3) is 0.423. The first-order chi connectivity index (χ1) is 17.7. The zero-order valence-electron chi connectivity index (χ0n) is 20.6. The van der Waals surface area contributed by atoms with Crippen LogP contribution in [-0.2, 0) is 9.47 Å². The molecule has 2 saturated heterocycles. The minimum Gasteiger partial charge on any atom is -0.476 e. The lowest BCUT2D eigenvalue weighted by Crippen LogP contribution is -2.38. The molecule has 0 unspecified atom stereocenters. The first-order valence-corrected chi connectivity index (χ1v) is 12.4. The molecule has 5 rings (SSSR count). The number of hydrogen-bond donors (Lipinski definition) is 1. The molecule has 190 valence electrons. The van der Waals surface area contributed by atoms with E-state index in [2.05, 4.69) is 25.3 Å². The Morgan fingerprint density at radius 3 is 2.64 bits per heavy atom. The van der Waals surface area contributed by atoms with Gasteiger partial charge in [-0.15, -0.1) is 0 Å². The Balaban J connectivity index is 1.32. The average molecular weight is 493 g/mol. The second kappa shape index (κ2) is 11.5. The van der Waals surface area contributed by atoms with Crippen molar-refractivity contribution in [3.8, 4) is 5.88 Å². The summed E-state index contributed by atoms with van der Waals surface area (Å²) in [7, 11) is 0. The molecule has 3 aromatic rings. The molecule has 1 N–H and O–H groups in total. The first kappa shape index (κ1) is 24.2. The second-order valence-corrected chi connectivity index (χ2v) is 8.81. The fourth-order valence-corrected chi connectivity index (χ4v) is 4.47. The normalized spacial score (nSPS) is 17.1. The molecule has 36 heavy (non-hydrogen) atoms. The first-order valence-electron chi connectivity index (χ1n) is 12.4. The number of carbonyl (C=O) groups is 1. The van der Waals surface area contributed by atoms with Gasteiger partial charge in [-0.2, -0.15) is 10.1 Å². The molecule has 2 aliphatic heterocycles. The van der Waals surface area contributed by atoms with E-state index < -0.39 is 0 Å². The average Bonchev–Trinajstić information content (AvgIpc) is 3.29. The van der Waals surface area contributed by atoms with Crippen LogP contribution >= 0.6 is 0 Å². The molecular weight excluding hydrogens is 460 g/mol. The molecule has 1 aromatic carbocycles. The van der Waals surface area contributed by atoms with Crippen LogP contribution in [-0.4, -0.2) is 92.3 Å². The molecule has 2 aliphatic rings. The molecule has 0 bridgehead atoms. The summed E-state index contributed by atoms with van der Waals surface area (Å²) in [6.07, 6.45) is 3.51. The highest BCUT2D eigenvalue weighted by Gasteiger charge is 2.15. The van der Waals surface area contributed by atoms with E-state index in [1.807, 2.05) is 36.4 Å². The number of hydrogen-bond acceptors (Lipinski definition) is 9. The molecule has 10 nitrogen and oxygen atoms in total. The van der Waals surface area contributed by atoms with E-state index in [0.717, 1.165) is 68.1 Å². The maximum absolute atomic E-state index is 12.0. The summed E-state index contributed by atoms with van der Waals surface area (Å²) in [5, 5.41) is 5.39. The highest BCUT2D eigenvalue weighted by Crippen LogP contribution is 2.25. The third-order valence-corrected chi connectivity index (χ3v) is 6.39. The third-order valence-electron chi connectivity index (χ3n) is 6.39. The van der Waals surface area contributed by atoms with Gasteiger partial charge >= 0.3 is 0 Å². The standard InChI is InChI=1S/C26H32N6O4/c1-20(33)32-19-21(23-4-2-3-5-24(23)32)18-27-29-25-16-22(31-9-13-35-14-10-31)17-26(28-25)36-15-8-30-6-11-34-12-7-30/h2-5,16-19H,6-15H2,1H3,(H,28,29)/b27-18+. The molecule has 0 spiro atoms. The van der Waals surface area contributed by atoms with Crippen LogP contribution in [0.15, 0.2) is 47.7 Å². The monoisotopic (exact) mass is 492 g/mol. The summed E-state index contributed by atoms with van der Waals surface area (Å²) in [6.45, 7) is 9.30. The smallest absolute Gasteiger partial charge is 0.227 e. The van der Waals surface area contributed by atoms with Crippen molar-refractivity contribution in [3.05, 3.63) is 48.2 Å². The zero-order valence-corrected chi connectivity index (χ0v) is 20.6. The van der Waals surface area contributed by atoms with Gasteiger partial charge in [0.05, 0.1) is 38.2 Å². The van der Waals surface area contributed by atoms with E-state index in [0.29, 0.717) is 31.5 Å². The molecule has 4 heterocycles. The Hall–Kier alpha value is -3.47. The number of fused-ring (bicyclic) bond motifs is 1. The molecule has 2 fully saturated rings. The van der Waals surface area contributed by atoms with Crippen LogP contribution in [0.5, 0.6) is 5.88 Å². The lowest BCUT2D eigenvalue weighted by Gasteiger charge is -2.29. The Bertz CT molecular complexity index is 1210. The SMILES string of the molecule is CC(=O)n1cc(/C=N/Nc2cc(N3CCOCC3)cc(OCCN3CCOCC3)n2)c2ccccc21. The van der Waals surface area contributed by atoms with Crippen molar-refractivity contribution < 1.29 is 19.0 Å². The fourth-order valence-electron chi connectivity index (χ4n) is 4.47. The number of para-hydroxylation sites is 1. The number of nitrogens with one attached hydrogen (secondary N) is 1. The summed E-state index contributed by atoms with van der Waals surface area (Å²) in [4.78, 5) is 21.3. The molecule has 0 aliphatic carbocycles. The van der Waals surface area contributed by atoms with E-state index in [-0.39, 0.29) is 5.91 Å². The van der Waals surface area contributed by atoms with Crippen LogP contribution < -0.4 is 15.1 Å². The van der Waals surface area contributed by atoms with Crippen LogP contribution in [0.1, 0.15) is 17.3 Å². The number of pyridine rings is 1. The van der Waals surface area contributed by atoms with Crippen molar-refractivity contribution in [2.24, 2.45) is 5.10 Å². The lowest BCUT2D eigenvalue weighted by atomic mass is 10.2. The van der Waals surface area contributed by atoms with Gasteiger partial charge in [-0.05, 0) is 6.07 Å². The number of nitrogens with zero attached hydrogens (tertiary/aromatic N) is 5. The van der Waals surface area contributed by atoms with E-state index in [1.54, 1.807) is 23.9 Å². The van der Waals surface area contributed by atoms with E-state index in [1.165, 1.54) is 0 Å². The van der Waals surface area contributed by atoms with Crippen LogP contribution in [0.25, 0.3) is 10.9 Å². The van der Waals surface area contributed by atoms with Gasteiger partial charge in [0, 0.05) is 74.6 Å². The highest BCUT2D eigenvalue weighted by atomic mass is 16.5. The van der Waals surface area contributed by atoms with E-state index >= 15 is 0 Å².